The first-order chi connectivity index (χ1) is 23.5. The monoisotopic (exact) mass is 675 g/mol. The van der Waals surface area contributed by atoms with Crippen LogP contribution in [0.1, 0.15) is 39.8 Å². The van der Waals surface area contributed by atoms with Gasteiger partial charge in [0.15, 0.2) is 0 Å². The molecule has 6 aromatic rings. The third kappa shape index (κ3) is 7.80. The van der Waals surface area contributed by atoms with Crippen LogP contribution in [0.25, 0.3) is 16.5 Å². The minimum absolute atomic E-state index is 0.213. The van der Waals surface area contributed by atoms with Crippen LogP contribution < -0.4 is 26.0 Å². The first kappa shape index (κ1) is 33.4. The lowest BCUT2D eigenvalue weighted by Gasteiger charge is -2.15. The van der Waals surface area contributed by atoms with E-state index in [-0.39, 0.29) is 11.6 Å². The molecule has 0 saturated carbocycles. The van der Waals surface area contributed by atoms with E-state index in [1.807, 2.05) is 88.4 Å². The first-order valence-corrected chi connectivity index (χ1v) is 17.8. The number of para-hydroxylation sites is 1. The maximum atomic E-state index is 13.5. The van der Waals surface area contributed by atoms with Crippen molar-refractivity contribution in [2.45, 2.75) is 39.5 Å². The maximum Gasteiger partial charge on any atom is 0.324 e. The molecule has 4 N–H and O–H groups in total. The predicted octanol–water partition coefficient (Wildman–Crippen LogP) is 8.60. The summed E-state index contributed by atoms with van der Waals surface area (Å²) < 4.78 is 20.5. The largest absolute Gasteiger partial charge is 0.438 e. The van der Waals surface area contributed by atoms with Crippen LogP contribution in [0.5, 0.6) is 11.6 Å². The summed E-state index contributed by atoms with van der Waals surface area (Å²) in [7, 11) is -3.44. The number of hydrogen-bond acceptors (Lipinski definition) is 7. The highest BCUT2D eigenvalue weighted by atomic mass is 31.2. The van der Waals surface area contributed by atoms with E-state index in [1.165, 1.54) is 0 Å². The highest BCUT2D eigenvalue weighted by molar-refractivity contribution is 7.66. The molecule has 6 rings (SSSR count). The molecule has 0 aliphatic heterocycles. The van der Waals surface area contributed by atoms with Gasteiger partial charge in [-0.1, -0.05) is 70.2 Å². The van der Waals surface area contributed by atoms with Crippen molar-refractivity contribution in [2.24, 2.45) is 0 Å². The van der Waals surface area contributed by atoms with Gasteiger partial charge >= 0.3 is 6.03 Å². The van der Waals surface area contributed by atoms with E-state index in [0.717, 1.165) is 22.2 Å². The Kier molecular flexibility index (Phi) is 9.49. The number of aromatic nitrogens is 4. The molecular formula is C37H38N7O4P. The SMILES string of the molecule is CCCP(=O)(O)c1ccc(-n2nc(C(C)(C)C)cc2NC(=O)Nc2ccc(Oc3ccnc(Nc4ccccc4)n3)c3ccccc23)cc1. The summed E-state index contributed by atoms with van der Waals surface area (Å²) in [5.74, 6) is 1.77. The lowest BCUT2D eigenvalue weighted by Crippen LogP contribution is -2.21. The van der Waals surface area contributed by atoms with Gasteiger partial charge in [-0.2, -0.15) is 10.1 Å². The summed E-state index contributed by atoms with van der Waals surface area (Å²) in [6.45, 7) is 8.00. The molecule has 0 aliphatic rings. The molecular weight excluding hydrogens is 637 g/mol. The Morgan fingerprint density at radius 1 is 0.898 bits per heavy atom. The highest BCUT2D eigenvalue weighted by Gasteiger charge is 2.23. The minimum atomic E-state index is -3.44. The highest BCUT2D eigenvalue weighted by Crippen LogP contribution is 2.40. The summed E-state index contributed by atoms with van der Waals surface area (Å²) in [6, 6.07) is 30.6. The third-order valence-corrected chi connectivity index (χ3v) is 9.91. The Hall–Kier alpha value is -5.51. The fourth-order valence-electron chi connectivity index (χ4n) is 5.25. The van der Waals surface area contributed by atoms with Crippen molar-refractivity contribution in [1.82, 2.24) is 19.7 Å². The number of rotatable bonds is 10. The number of nitrogens with zero attached hydrogens (tertiary/aromatic N) is 4. The Labute approximate surface area is 284 Å². The average molecular weight is 676 g/mol. The van der Waals surface area contributed by atoms with Crippen LogP contribution in [0.4, 0.5) is 27.9 Å². The maximum absolute atomic E-state index is 13.5. The van der Waals surface area contributed by atoms with Gasteiger partial charge in [0.05, 0.1) is 17.1 Å². The fraction of sp³-hybridized carbons (Fsp3) is 0.189. The number of carbonyl (C=O) groups is 1. The molecule has 0 saturated heterocycles. The number of hydrogen-bond donors (Lipinski definition) is 4. The van der Waals surface area contributed by atoms with Crippen molar-refractivity contribution in [3.05, 3.63) is 115 Å². The summed E-state index contributed by atoms with van der Waals surface area (Å²) in [4.78, 5) is 32.8. The molecule has 49 heavy (non-hydrogen) atoms. The van der Waals surface area contributed by atoms with E-state index in [0.29, 0.717) is 46.5 Å². The molecule has 0 radical (unpaired) electrons. The van der Waals surface area contributed by atoms with Crippen LogP contribution in [0.15, 0.2) is 109 Å². The molecule has 0 fully saturated rings. The van der Waals surface area contributed by atoms with Crippen LogP contribution in [0.3, 0.4) is 0 Å². The zero-order valence-corrected chi connectivity index (χ0v) is 28.6. The molecule has 2 amide bonds. The molecule has 2 aromatic heterocycles. The van der Waals surface area contributed by atoms with Gasteiger partial charge < -0.3 is 20.3 Å². The zero-order valence-electron chi connectivity index (χ0n) is 27.7. The van der Waals surface area contributed by atoms with Gasteiger partial charge in [0, 0.05) is 51.7 Å². The number of ether oxygens (including phenoxy) is 1. The number of carbonyl (C=O) groups excluding carboxylic acids is 1. The van der Waals surface area contributed by atoms with Crippen molar-refractivity contribution in [3.8, 4) is 17.3 Å². The van der Waals surface area contributed by atoms with Crippen molar-refractivity contribution >= 4 is 52.6 Å². The van der Waals surface area contributed by atoms with Crippen molar-refractivity contribution in [3.63, 3.8) is 0 Å². The fourth-order valence-corrected chi connectivity index (χ4v) is 6.73. The zero-order chi connectivity index (χ0) is 34.6. The van der Waals surface area contributed by atoms with E-state index >= 15 is 0 Å². The van der Waals surface area contributed by atoms with E-state index in [4.69, 9.17) is 9.84 Å². The summed E-state index contributed by atoms with van der Waals surface area (Å²) in [5, 5.41) is 15.8. The Balaban J connectivity index is 1.23. The summed E-state index contributed by atoms with van der Waals surface area (Å²) in [5.41, 5.74) is 2.55. The normalized spacial score (nSPS) is 12.7. The molecule has 11 nitrogen and oxygen atoms in total. The molecule has 0 aliphatic carbocycles. The number of amides is 2. The standard InChI is InChI=1S/C37H38N7O4P/c1-5-23-49(46,47)27-17-15-26(16-18-27)44-33(24-32(43-44)37(2,3)4)41-36(45)40-30-19-20-31(29-14-10-9-13-28(29)30)48-34-21-22-38-35(42-34)39-25-11-7-6-8-12-25/h6-22,24H,5,23H2,1-4H3,(H,46,47)(H,38,39,42)(H2,40,41,45). The second-order valence-corrected chi connectivity index (χ2v) is 14.9. The van der Waals surface area contributed by atoms with Gasteiger partial charge in [-0.3, -0.25) is 9.88 Å². The van der Waals surface area contributed by atoms with E-state index < -0.39 is 13.4 Å². The molecule has 1 unspecified atom stereocenters. The Bertz CT molecular complexity index is 2140. The van der Waals surface area contributed by atoms with Crippen molar-refractivity contribution < 1.29 is 19.0 Å². The molecule has 250 valence electrons. The second kappa shape index (κ2) is 13.9. The van der Waals surface area contributed by atoms with E-state index in [9.17, 15) is 14.3 Å². The molecule has 12 heteroatoms. The van der Waals surface area contributed by atoms with Crippen molar-refractivity contribution in [2.75, 3.05) is 22.1 Å². The lowest BCUT2D eigenvalue weighted by molar-refractivity contribution is 0.262. The number of anilines is 4. The average Bonchev–Trinajstić information content (AvgIpc) is 3.51. The van der Waals surface area contributed by atoms with Gasteiger partial charge in [-0.25, -0.2) is 14.5 Å². The number of fused-ring (bicyclic) bond motifs is 1. The van der Waals surface area contributed by atoms with Crippen LogP contribution >= 0.6 is 7.37 Å². The minimum Gasteiger partial charge on any atom is -0.438 e. The van der Waals surface area contributed by atoms with Crippen molar-refractivity contribution in [1.29, 1.82) is 0 Å². The Morgan fingerprint density at radius 3 is 2.33 bits per heavy atom. The van der Waals surface area contributed by atoms with Crippen LogP contribution in [-0.2, 0) is 9.98 Å². The molecule has 0 bridgehead atoms. The molecule has 4 aromatic carbocycles. The van der Waals surface area contributed by atoms with Gasteiger partial charge in [-0.05, 0) is 55.0 Å². The number of nitrogens with one attached hydrogen (secondary N) is 3. The van der Waals surface area contributed by atoms with Gasteiger partial charge in [-0.15, -0.1) is 0 Å². The van der Waals surface area contributed by atoms with Gasteiger partial charge in [0.1, 0.15) is 11.6 Å². The predicted molar refractivity (Wildman–Crippen MR) is 195 cm³/mol. The lowest BCUT2D eigenvalue weighted by atomic mass is 9.92. The quantitative estimate of drug-likeness (QED) is 0.106. The molecule has 0 spiro atoms. The van der Waals surface area contributed by atoms with Crippen LogP contribution in [0.2, 0.25) is 0 Å². The smallest absolute Gasteiger partial charge is 0.324 e. The summed E-state index contributed by atoms with van der Waals surface area (Å²) >= 11 is 0. The van der Waals surface area contributed by atoms with Gasteiger partial charge in [0.2, 0.25) is 19.2 Å². The number of benzene rings is 4. The van der Waals surface area contributed by atoms with E-state index in [2.05, 4.69) is 25.9 Å². The van der Waals surface area contributed by atoms with Gasteiger partial charge in [0.25, 0.3) is 0 Å². The summed E-state index contributed by atoms with van der Waals surface area (Å²) in [6.07, 6.45) is 2.44. The van der Waals surface area contributed by atoms with E-state index in [1.54, 1.807) is 53.3 Å². The third-order valence-electron chi connectivity index (χ3n) is 7.75. The Morgan fingerprint density at radius 2 is 1.61 bits per heavy atom. The number of urea groups is 1. The molecule has 2 heterocycles. The topological polar surface area (TPSA) is 143 Å². The van der Waals surface area contributed by atoms with Crippen LogP contribution in [-0.4, -0.2) is 36.8 Å². The molecule has 1 atom stereocenters. The first-order valence-electron chi connectivity index (χ1n) is 16.0. The van der Waals surface area contributed by atoms with Crippen LogP contribution in [0, 0.1) is 0 Å². The second-order valence-electron chi connectivity index (χ2n) is 12.6.